The fourth-order valence-electron chi connectivity index (χ4n) is 2.40. The minimum atomic E-state index is 0.240. The molecule has 1 aliphatic heterocycles. The Balaban J connectivity index is 1.98. The van der Waals surface area contributed by atoms with Gasteiger partial charge in [0, 0.05) is 24.9 Å². The first kappa shape index (κ1) is 15.3. The van der Waals surface area contributed by atoms with E-state index in [1.807, 2.05) is 6.07 Å². The fraction of sp³-hybridized carbons (Fsp3) is 0.688. The van der Waals surface area contributed by atoms with Crippen molar-refractivity contribution in [1.29, 1.82) is 0 Å². The minimum absolute atomic E-state index is 0.240. The highest BCUT2D eigenvalue weighted by Crippen LogP contribution is 2.17. The van der Waals surface area contributed by atoms with E-state index in [1.54, 1.807) is 0 Å². The van der Waals surface area contributed by atoms with Crippen LogP contribution in [-0.2, 0) is 17.7 Å². The van der Waals surface area contributed by atoms with Gasteiger partial charge in [0.2, 0.25) is 5.88 Å². The van der Waals surface area contributed by atoms with Gasteiger partial charge in [-0.25, -0.2) is 4.98 Å². The van der Waals surface area contributed by atoms with Crippen LogP contribution in [0.15, 0.2) is 12.1 Å². The van der Waals surface area contributed by atoms with Crippen LogP contribution in [0.4, 0.5) is 0 Å². The van der Waals surface area contributed by atoms with E-state index >= 15 is 0 Å². The summed E-state index contributed by atoms with van der Waals surface area (Å²) in [6.07, 6.45) is 4.57. The van der Waals surface area contributed by atoms with Crippen LogP contribution < -0.4 is 10.1 Å². The van der Waals surface area contributed by atoms with Gasteiger partial charge < -0.3 is 14.8 Å². The van der Waals surface area contributed by atoms with Crippen LogP contribution in [0.2, 0.25) is 0 Å². The van der Waals surface area contributed by atoms with E-state index in [-0.39, 0.29) is 6.10 Å². The Morgan fingerprint density at radius 3 is 3.00 bits per heavy atom. The van der Waals surface area contributed by atoms with Gasteiger partial charge in [-0.1, -0.05) is 20.3 Å². The van der Waals surface area contributed by atoms with E-state index < -0.39 is 0 Å². The number of aromatic nitrogens is 1. The second kappa shape index (κ2) is 8.22. The third kappa shape index (κ3) is 4.76. The number of ether oxygens (including phenoxy) is 2. The van der Waals surface area contributed by atoms with Crippen LogP contribution in [0.3, 0.4) is 0 Å². The van der Waals surface area contributed by atoms with Crippen molar-refractivity contribution in [2.24, 2.45) is 0 Å². The van der Waals surface area contributed by atoms with E-state index in [1.165, 1.54) is 5.56 Å². The molecule has 0 bridgehead atoms. The second-order valence-corrected chi connectivity index (χ2v) is 5.28. The maximum atomic E-state index is 5.83. The molecule has 0 amide bonds. The molecule has 0 radical (unpaired) electrons. The highest BCUT2D eigenvalue weighted by Gasteiger charge is 2.16. The number of hydrogen-bond acceptors (Lipinski definition) is 4. The van der Waals surface area contributed by atoms with E-state index in [0.29, 0.717) is 6.61 Å². The zero-order chi connectivity index (χ0) is 14.2. The van der Waals surface area contributed by atoms with Gasteiger partial charge in [0.1, 0.15) is 6.61 Å². The maximum absolute atomic E-state index is 5.83. The molecule has 1 fully saturated rings. The normalized spacial score (nSPS) is 18.4. The number of pyridine rings is 1. The summed E-state index contributed by atoms with van der Waals surface area (Å²) in [7, 11) is 0. The molecule has 20 heavy (non-hydrogen) atoms. The lowest BCUT2D eigenvalue weighted by atomic mass is 10.1. The summed E-state index contributed by atoms with van der Waals surface area (Å²) in [6, 6.07) is 4.21. The van der Waals surface area contributed by atoms with Gasteiger partial charge in [-0.05, 0) is 37.4 Å². The van der Waals surface area contributed by atoms with Crippen molar-refractivity contribution in [2.45, 2.75) is 52.2 Å². The molecule has 4 nitrogen and oxygen atoms in total. The van der Waals surface area contributed by atoms with E-state index in [9.17, 15) is 0 Å². The van der Waals surface area contributed by atoms with Crippen molar-refractivity contribution >= 4 is 0 Å². The monoisotopic (exact) mass is 278 g/mol. The standard InChI is InChI=1S/C16H26N2O2/c1-3-6-14-9-13(11-17-4-2)10-16(18-14)20-12-15-7-5-8-19-15/h9-10,15,17H,3-8,11-12H2,1-2H3. The summed E-state index contributed by atoms with van der Waals surface area (Å²) < 4.78 is 11.4. The van der Waals surface area contributed by atoms with Crippen molar-refractivity contribution in [2.75, 3.05) is 19.8 Å². The van der Waals surface area contributed by atoms with Gasteiger partial charge >= 0.3 is 0 Å². The quantitative estimate of drug-likeness (QED) is 0.794. The molecule has 1 aliphatic rings. The summed E-state index contributed by atoms with van der Waals surface area (Å²) >= 11 is 0. The summed E-state index contributed by atoms with van der Waals surface area (Å²) in [5.41, 5.74) is 2.36. The molecule has 1 aromatic rings. The molecule has 0 aromatic carbocycles. The SMILES string of the molecule is CCCc1cc(CNCC)cc(OCC2CCCO2)n1. The Morgan fingerprint density at radius 1 is 1.40 bits per heavy atom. The predicted molar refractivity (Wildman–Crippen MR) is 80.1 cm³/mol. The first-order chi connectivity index (χ1) is 9.81. The fourth-order valence-corrected chi connectivity index (χ4v) is 2.40. The number of nitrogens with zero attached hydrogens (tertiary/aromatic N) is 1. The molecular weight excluding hydrogens is 252 g/mol. The topological polar surface area (TPSA) is 43.4 Å². The highest BCUT2D eigenvalue weighted by molar-refractivity contribution is 5.25. The Hall–Kier alpha value is -1.13. The van der Waals surface area contributed by atoms with Gasteiger partial charge in [0.25, 0.3) is 0 Å². The third-order valence-electron chi connectivity index (χ3n) is 3.44. The van der Waals surface area contributed by atoms with Crippen molar-refractivity contribution in [3.63, 3.8) is 0 Å². The largest absolute Gasteiger partial charge is 0.475 e. The maximum Gasteiger partial charge on any atom is 0.213 e. The number of aryl methyl sites for hydroxylation is 1. The third-order valence-corrected chi connectivity index (χ3v) is 3.44. The summed E-state index contributed by atoms with van der Waals surface area (Å²) in [5.74, 6) is 0.736. The molecule has 1 unspecified atom stereocenters. The Morgan fingerprint density at radius 2 is 2.30 bits per heavy atom. The van der Waals surface area contributed by atoms with Crippen LogP contribution in [-0.4, -0.2) is 30.8 Å². The zero-order valence-corrected chi connectivity index (χ0v) is 12.7. The first-order valence-corrected chi connectivity index (χ1v) is 7.76. The molecule has 4 heteroatoms. The van der Waals surface area contributed by atoms with Crippen molar-refractivity contribution in [3.05, 3.63) is 23.4 Å². The smallest absolute Gasteiger partial charge is 0.213 e. The number of nitrogens with one attached hydrogen (secondary N) is 1. The second-order valence-electron chi connectivity index (χ2n) is 5.28. The van der Waals surface area contributed by atoms with Crippen molar-refractivity contribution in [3.8, 4) is 5.88 Å². The lowest BCUT2D eigenvalue weighted by Gasteiger charge is -2.13. The minimum Gasteiger partial charge on any atom is -0.475 e. The van der Waals surface area contributed by atoms with Gasteiger partial charge in [0.15, 0.2) is 0 Å². The first-order valence-electron chi connectivity index (χ1n) is 7.76. The summed E-state index contributed by atoms with van der Waals surface area (Å²) in [6.45, 7) is 7.60. The Labute approximate surface area is 121 Å². The van der Waals surface area contributed by atoms with Crippen LogP contribution in [0.5, 0.6) is 5.88 Å². The molecule has 1 atom stereocenters. The number of rotatable bonds is 8. The van der Waals surface area contributed by atoms with Gasteiger partial charge in [-0.15, -0.1) is 0 Å². The van der Waals surface area contributed by atoms with Gasteiger partial charge in [-0.2, -0.15) is 0 Å². The van der Waals surface area contributed by atoms with Gasteiger partial charge in [-0.3, -0.25) is 0 Å². The molecule has 112 valence electrons. The molecule has 1 saturated heterocycles. The van der Waals surface area contributed by atoms with Crippen LogP contribution in [0.25, 0.3) is 0 Å². The molecular formula is C16H26N2O2. The van der Waals surface area contributed by atoms with Crippen LogP contribution in [0.1, 0.15) is 44.4 Å². The van der Waals surface area contributed by atoms with Crippen molar-refractivity contribution in [1.82, 2.24) is 10.3 Å². The van der Waals surface area contributed by atoms with E-state index in [2.05, 4.69) is 30.2 Å². The predicted octanol–water partition coefficient (Wildman–Crippen LogP) is 2.70. The summed E-state index contributed by atoms with van der Waals surface area (Å²) in [5, 5.41) is 3.35. The van der Waals surface area contributed by atoms with E-state index in [4.69, 9.17) is 9.47 Å². The van der Waals surface area contributed by atoms with Crippen molar-refractivity contribution < 1.29 is 9.47 Å². The Bertz CT molecular complexity index is 403. The highest BCUT2D eigenvalue weighted by atomic mass is 16.5. The average molecular weight is 278 g/mol. The molecule has 1 aromatic heterocycles. The lowest BCUT2D eigenvalue weighted by Crippen LogP contribution is -2.17. The molecule has 2 rings (SSSR count). The number of hydrogen-bond donors (Lipinski definition) is 1. The molecule has 1 N–H and O–H groups in total. The molecule has 2 heterocycles. The Kier molecular flexibility index (Phi) is 6.27. The molecule has 0 aliphatic carbocycles. The van der Waals surface area contributed by atoms with Crippen LogP contribution in [0, 0.1) is 0 Å². The lowest BCUT2D eigenvalue weighted by molar-refractivity contribution is 0.0662. The average Bonchev–Trinajstić information content (AvgIpc) is 2.96. The molecule has 0 spiro atoms. The summed E-state index contributed by atoms with van der Waals surface area (Å²) in [4.78, 5) is 4.59. The molecule has 0 saturated carbocycles. The van der Waals surface area contributed by atoms with E-state index in [0.717, 1.165) is 57.0 Å². The van der Waals surface area contributed by atoms with Crippen LogP contribution >= 0.6 is 0 Å². The van der Waals surface area contributed by atoms with Gasteiger partial charge in [0.05, 0.1) is 6.10 Å². The zero-order valence-electron chi connectivity index (χ0n) is 12.7.